The van der Waals surface area contributed by atoms with Crippen LogP contribution in [0.1, 0.15) is 22.4 Å². The molecule has 0 fully saturated rings. The Kier molecular flexibility index (Phi) is 5.84. The van der Waals surface area contributed by atoms with Crippen LogP contribution in [-0.2, 0) is 17.9 Å². The number of ether oxygens (including phenoxy) is 1. The number of nitrogens with zero attached hydrogens (tertiary/aromatic N) is 3. The number of rotatable bonds is 6. The number of amides is 1. The fourth-order valence-electron chi connectivity index (χ4n) is 2.76. The van der Waals surface area contributed by atoms with Crippen molar-refractivity contribution in [1.29, 1.82) is 0 Å². The van der Waals surface area contributed by atoms with Gasteiger partial charge >= 0.3 is 0 Å². The normalized spacial score (nSPS) is 10.5. The van der Waals surface area contributed by atoms with Crippen LogP contribution < -0.4 is 15.6 Å². The van der Waals surface area contributed by atoms with Crippen LogP contribution in [0.5, 0.6) is 11.6 Å². The van der Waals surface area contributed by atoms with Gasteiger partial charge in [-0.3, -0.25) is 9.59 Å². The van der Waals surface area contributed by atoms with Crippen LogP contribution >= 0.6 is 0 Å². The molecule has 0 saturated carbocycles. The summed E-state index contributed by atoms with van der Waals surface area (Å²) in [4.78, 5) is 28.4. The zero-order valence-corrected chi connectivity index (χ0v) is 16.1. The number of nitrogens with one attached hydrogen (secondary N) is 1. The van der Waals surface area contributed by atoms with Crippen molar-refractivity contribution in [3.63, 3.8) is 0 Å². The van der Waals surface area contributed by atoms with Crippen molar-refractivity contribution in [2.75, 3.05) is 0 Å². The topological polar surface area (TPSA) is 86.1 Å². The summed E-state index contributed by atoms with van der Waals surface area (Å²) in [5, 5.41) is 6.86. The van der Waals surface area contributed by atoms with Gasteiger partial charge in [0, 0.05) is 24.4 Å². The van der Waals surface area contributed by atoms with Crippen molar-refractivity contribution in [2.45, 2.75) is 33.9 Å². The number of hydrogen-bond donors (Lipinski definition) is 1. The third kappa shape index (κ3) is 4.62. The highest BCUT2D eigenvalue weighted by Crippen LogP contribution is 2.29. The molecule has 0 aliphatic carbocycles. The minimum atomic E-state index is -0.318. The van der Waals surface area contributed by atoms with Crippen LogP contribution in [0.25, 0.3) is 0 Å². The summed E-state index contributed by atoms with van der Waals surface area (Å²) in [5.74, 6) is 0.873. The molecule has 28 heavy (non-hydrogen) atoms. The minimum Gasteiger partial charge on any atom is -0.438 e. The zero-order valence-electron chi connectivity index (χ0n) is 16.1. The molecule has 2 heterocycles. The number of pyridine rings is 1. The largest absolute Gasteiger partial charge is 0.438 e. The fourth-order valence-corrected chi connectivity index (χ4v) is 2.76. The molecule has 7 nitrogen and oxygen atoms in total. The lowest BCUT2D eigenvalue weighted by molar-refractivity contribution is -0.122. The number of para-hydroxylation sites is 1. The van der Waals surface area contributed by atoms with E-state index in [2.05, 4.69) is 15.4 Å². The first-order valence-electron chi connectivity index (χ1n) is 8.93. The van der Waals surface area contributed by atoms with Gasteiger partial charge in [-0.25, -0.2) is 9.67 Å². The van der Waals surface area contributed by atoms with E-state index in [9.17, 15) is 9.59 Å². The molecule has 0 radical (unpaired) electrons. The van der Waals surface area contributed by atoms with Gasteiger partial charge in [0.25, 0.3) is 5.56 Å². The van der Waals surface area contributed by atoms with E-state index in [0.717, 1.165) is 27.1 Å². The van der Waals surface area contributed by atoms with Gasteiger partial charge in [-0.2, -0.15) is 5.10 Å². The Labute approximate surface area is 163 Å². The standard InChI is InChI=1S/C21H22N4O3/c1-14-6-4-7-15(2)20(14)28-21-17(8-5-11-22-21)12-23-18(26)13-25-19(27)10-9-16(3)24-25/h4-11H,12-13H2,1-3H3,(H,23,26). The molecule has 144 valence electrons. The molecule has 0 unspecified atom stereocenters. The highest BCUT2D eigenvalue weighted by molar-refractivity contribution is 5.75. The Morgan fingerprint density at radius 3 is 2.57 bits per heavy atom. The number of benzene rings is 1. The first-order valence-corrected chi connectivity index (χ1v) is 8.93. The lowest BCUT2D eigenvalue weighted by Crippen LogP contribution is -2.33. The molecule has 1 aromatic carbocycles. The smallest absolute Gasteiger partial charge is 0.267 e. The maximum atomic E-state index is 12.3. The molecule has 0 aliphatic heterocycles. The van der Waals surface area contributed by atoms with Gasteiger partial charge in [0.1, 0.15) is 12.3 Å². The van der Waals surface area contributed by atoms with E-state index < -0.39 is 0 Å². The Bertz CT molecular complexity index is 1040. The predicted octanol–water partition coefficient (Wildman–Crippen LogP) is 2.67. The SMILES string of the molecule is Cc1ccc(=O)n(CC(=O)NCc2cccnc2Oc2c(C)cccc2C)n1. The van der Waals surface area contributed by atoms with Crippen molar-refractivity contribution >= 4 is 5.91 Å². The van der Waals surface area contributed by atoms with E-state index in [4.69, 9.17) is 4.74 Å². The number of carbonyl (C=O) groups excluding carboxylic acids is 1. The molecule has 0 spiro atoms. The number of aryl methyl sites for hydroxylation is 3. The van der Waals surface area contributed by atoms with Crippen molar-refractivity contribution in [3.8, 4) is 11.6 Å². The van der Waals surface area contributed by atoms with Gasteiger partial charge in [-0.15, -0.1) is 0 Å². The summed E-state index contributed by atoms with van der Waals surface area (Å²) in [6.45, 7) is 5.79. The fraction of sp³-hybridized carbons (Fsp3) is 0.238. The average molecular weight is 378 g/mol. The molecule has 1 N–H and O–H groups in total. The van der Waals surface area contributed by atoms with Gasteiger partial charge in [0.15, 0.2) is 0 Å². The summed E-state index contributed by atoms with van der Waals surface area (Å²) in [7, 11) is 0. The number of carbonyl (C=O) groups is 1. The third-order valence-corrected chi connectivity index (χ3v) is 4.23. The van der Waals surface area contributed by atoms with Gasteiger partial charge < -0.3 is 10.1 Å². The molecule has 0 atom stereocenters. The minimum absolute atomic E-state index is 0.145. The van der Waals surface area contributed by atoms with Gasteiger partial charge in [0.05, 0.1) is 5.69 Å². The molecule has 0 aliphatic rings. The van der Waals surface area contributed by atoms with Gasteiger partial charge in [-0.05, 0) is 44.0 Å². The van der Waals surface area contributed by atoms with Gasteiger partial charge in [0.2, 0.25) is 11.8 Å². The van der Waals surface area contributed by atoms with Crippen LogP contribution in [0.2, 0.25) is 0 Å². The second-order valence-electron chi connectivity index (χ2n) is 6.54. The molecule has 7 heteroatoms. The van der Waals surface area contributed by atoms with Crippen molar-refractivity contribution in [3.05, 3.63) is 81.4 Å². The third-order valence-electron chi connectivity index (χ3n) is 4.23. The van der Waals surface area contributed by atoms with Crippen molar-refractivity contribution in [1.82, 2.24) is 20.1 Å². The highest BCUT2D eigenvalue weighted by Gasteiger charge is 2.12. The molecule has 3 rings (SSSR count). The first kappa shape index (κ1) is 19.3. The predicted molar refractivity (Wildman–Crippen MR) is 105 cm³/mol. The summed E-state index contributed by atoms with van der Waals surface area (Å²) >= 11 is 0. The van der Waals surface area contributed by atoms with E-state index >= 15 is 0 Å². The lowest BCUT2D eigenvalue weighted by Gasteiger charge is -2.14. The Hall–Kier alpha value is -3.48. The summed E-state index contributed by atoms with van der Waals surface area (Å²) in [5.41, 5.74) is 3.10. The maximum absolute atomic E-state index is 12.3. The Morgan fingerprint density at radius 1 is 1.07 bits per heavy atom. The van der Waals surface area contributed by atoms with E-state index in [1.54, 1.807) is 25.3 Å². The molecule has 0 bridgehead atoms. The monoisotopic (exact) mass is 378 g/mol. The van der Waals surface area contributed by atoms with Crippen LogP contribution in [0, 0.1) is 20.8 Å². The van der Waals surface area contributed by atoms with Crippen LogP contribution in [0.15, 0.2) is 53.5 Å². The van der Waals surface area contributed by atoms with Crippen LogP contribution in [0.3, 0.4) is 0 Å². The van der Waals surface area contributed by atoms with Crippen LogP contribution in [0.4, 0.5) is 0 Å². The summed E-state index contributed by atoms with van der Waals surface area (Å²) < 4.78 is 7.17. The lowest BCUT2D eigenvalue weighted by atomic mass is 10.1. The van der Waals surface area contributed by atoms with Crippen molar-refractivity contribution < 1.29 is 9.53 Å². The van der Waals surface area contributed by atoms with E-state index in [-0.39, 0.29) is 24.6 Å². The van der Waals surface area contributed by atoms with E-state index in [0.29, 0.717) is 11.6 Å². The first-order chi connectivity index (χ1) is 13.4. The molecule has 1 amide bonds. The van der Waals surface area contributed by atoms with Crippen molar-refractivity contribution in [2.24, 2.45) is 0 Å². The maximum Gasteiger partial charge on any atom is 0.267 e. The van der Waals surface area contributed by atoms with Crippen LogP contribution in [-0.4, -0.2) is 20.7 Å². The van der Waals surface area contributed by atoms with E-state index in [1.165, 1.54) is 6.07 Å². The molecule has 0 saturated heterocycles. The molecule has 2 aromatic heterocycles. The summed E-state index contributed by atoms with van der Waals surface area (Å²) in [6, 6.07) is 12.5. The van der Waals surface area contributed by atoms with E-state index in [1.807, 2.05) is 38.1 Å². The molecular weight excluding hydrogens is 356 g/mol. The highest BCUT2D eigenvalue weighted by atomic mass is 16.5. The zero-order chi connectivity index (χ0) is 20.1. The Morgan fingerprint density at radius 2 is 1.82 bits per heavy atom. The average Bonchev–Trinajstić information content (AvgIpc) is 2.67. The molecule has 3 aromatic rings. The second-order valence-corrected chi connectivity index (χ2v) is 6.54. The Balaban J connectivity index is 1.71. The number of aromatic nitrogens is 3. The molecular formula is C21H22N4O3. The summed E-state index contributed by atoms with van der Waals surface area (Å²) in [6.07, 6.45) is 1.64. The second kappa shape index (κ2) is 8.47. The number of hydrogen-bond acceptors (Lipinski definition) is 5. The van der Waals surface area contributed by atoms with Gasteiger partial charge in [-0.1, -0.05) is 24.3 Å². The quantitative estimate of drug-likeness (QED) is 0.713.